The molecule has 0 aromatic heterocycles. The maximum Gasteiger partial charge on any atom is 0.408 e. The third kappa shape index (κ3) is 4.26. The summed E-state index contributed by atoms with van der Waals surface area (Å²) in [6, 6.07) is 9.28. The van der Waals surface area contributed by atoms with Crippen LogP contribution in [0.15, 0.2) is 30.3 Å². The SMILES string of the molecule is CCC(C)(NC(=O)OCc1ccccc1)P(O)O. The first-order valence-corrected chi connectivity index (χ1v) is 6.89. The zero-order valence-electron chi connectivity index (χ0n) is 10.5. The predicted molar refractivity (Wildman–Crippen MR) is 69.8 cm³/mol. The van der Waals surface area contributed by atoms with Gasteiger partial charge < -0.3 is 19.8 Å². The van der Waals surface area contributed by atoms with E-state index in [9.17, 15) is 14.6 Å². The summed E-state index contributed by atoms with van der Waals surface area (Å²) in [4.78, 5) is 30.1. The summed E-state index contributed by atoms with van der Waals surface area (Å²) in [5, 5.41) is 1.44. The molecular weight excluding hydrogens is 253 g/mol. The summed E-state index contributed by atoms with van der Waals surface area (Å²) in [6.45, 7) is 3.49. The third-order valence-electron chi connectivity index (χ3n) is 2.71. The van der Waals surface area contributed by atoms with Gasteiger partial charge in [0, 0.05) is 0 Å². The van der Waals surface area contributed by atoms with Gasteiger partial charge in [0.1, 0.15) is 11.9 Å². The summed E-state index contributed by atoms with van der Waals surface area (Å²) in [7, 11) is -2.26. The van der Waals surface area contributed by atoms with Gasteiger partial charge in [-0.25, -0.2) is 4.79 Å². The fraction of sp³-hybridized carbons (Fsp3) is 0.417. The third-order valence-corrected chi connectivity index (χ3v) is 4.02. The summed E-state index contributed by atoms with van der Waals surface area (Å²) < 4.78 is 5.01. The Labute approximate surface area is 108 Å². The first-order valence-electron chi connectivity index (χ1n) is 5.65. The van der Waals surface area contributed by atoms with Gasteiger partial charge in [-0.3, -0.25) is 0 Å². The molecule has 3 N–H and O–H groups in total. The van der Waals surface area contributed by atoms with Crippen molar-refractivity contribution in [1.29, 1.82) is 0 Å². The second-order valence-corrected chi connectivity index (χ2v) is 5.67. The smallest absolute Gasteiger partial charge is 0.408 e. The van der Waals surface area contributed by atoms with Crippen LogP contribution < -0.4 is 5.32 Å². The van der Waals surface area contributed by atoms with E-state index in [1.54, 1.807) is 13.8 Å². The van der Waals surface area contributed by atoms with Gasteiger partial charge >= 0.3 is 6.09 Å². The maximum atomic E-state index is 11.6. The summed E-state index contributed by atoms with van der Waals surface area (Å²) in [5.74, 6) is 0. The monoisotopic (exact) mass is 271 g/mol. The fourth-order valence-corrected chi connectivity index (χ4v) is 1.73. The van der Waals surface area contributed by atoms with Gasteiger partial charge in [-0.2, -0.15) is 0 Å². The Morgan fingerprint density at radius 3 is 2.50 bits per heavy atom. The molecule has 0 aliphatic carbocycles. The molecule has 5 nitrogen and oxygen atoms in total. The van der Waals surface area contributed by atoms with Gasteiger partial charge in [-0.15, -0.1) is 0 Å². The van der Waals surface area contributed by atoms with Gasteiger partial charge in [-0.05, 0) is 18.9 Å². The Morgan fingerprint density at radius 1 is 1.39 bits per heavy atom. The first kappa shape index (κ1) is 14.9. The van der Waals surface area contributed by atoms with E-state index in [2.05, 4.69) is 5.32 Å². The van der Waals surface area contributed by atoms with Crippen LogP contribution in [0.5, 0.6) is 0 Å². The minimum absolute atomic E-state index is 0.154. The van der Waals surface area contributed by atoms with Crippen LogP contribution in [0.1, 0.15) is 25.8 Å². The lowest BCUT2D eigenvalue weighted by Crippen LogP contribution is -2.44. The van der Waals surface area contributed by atoms with E-state index in [1.807, 2.05) is 30.3 Å². The van der Waals surface area contributed by atoms with Crippen molar-refractivity contribution in [1.82, 2.24) is 5.32 Å². The quantitative estimate of drug-likeness (QED) is 0.718. The minimum Gasteiger partial charge on any atom is -0.445 e. The van der Waals surface area contributed by atoms with Gasteiger partial charge in [0.2, 0.25) is 0 Å². The summed E-state index contributed by atoms with van der Waals surface area (Å²) in [6.07, 6.45) is -0.245. The van der Waals surface area contributed by atoms with Crippen LogP contribution in [-0.2, 0) is 11.3 Å². The molecule has 1 atom stereocenters. The van der Waals surface area contributed by atoms with Crippen molar-refractivity contribution in [2.45, 2.75) is 32.2 Å². The lowest BCUT2D eigenvalue weighted by molar-refractivity contribution is 0.132. The van der Waals surface area contributed by atoms with Crippen molar-refractivity contribution in [2.75, 3.05) is 0 Å². The van der Waals surface area contributed by atoms with E-state index >= 15 is 0 Å². The number of nitrogens with one attached hydrogen (secondary N) is 1. The number of benzene rings is 1. The van der Waals surface area contributed by atoms with Crippen LogP contribution in [0, 0.1) is 0 Å². The molecule has 1 unspecified atom stereocenters. The average Bonchev–Trinajstić information content (AvgIpc) is 2.37. The number of carbonyl (C=O) groups excluding carboxylic acids is 1. The van der Waals surface area contributed by atoms with Crippen molar-refractivity contribution in [3.63, 3.8) is 0 Å². The number of amides is 1. The van der Waals surface area contributed by atoms with Crippen LogP contribution in [0.25, 0.3) is 0 Å². The molecule has 1 rings (SSSR count). The minimum atomic E-state index is -2.26. The highest BCUT2D eigenvalue weighted by Gasteiger charge is 2.33. The van der Waals surface area contributed by atoms with E-state index in [0.29, 0.717) is 6.42 Å². The second-order valence-electron chi connectivity index (χ2n) is 4.10. The standard InChI is InChI=1S/C12H18NO4P/c1-3-12(2,18(15)16)13-11(14)17-9-10-7-5-4-6-8-10/h4-8,15-16H,3,9H2,1-2H3,(H,13,14). The lowest BCUT2D eigenvalue weighted by atomic mass is 10.2. The normalized spacial score (nSPS) is 14.1. The highest BCUT2D eigenvalue weighted by molar-refractivity contribution is 7.46. The summed E-state index contributed by atoms with van der Waals surface area (Å²) in [5.41, 5.74) is 0.876. The zero-order valence-corrected chi connectivity index (χ0v) is 11.4. The molecule has 0 aliphatic heterocycles. The molecule has 1 aromatic carbocycles. The van der Waals surface area contributed by atoms with Crippen LogP contribution in [0.3, 0.4) is 0 Å². The molecule has 18 heavy (non-hydrogen) atoms. The van der Waals surface area contributed by atoms with Crippen molar-refractivity contribution in [2.24, 2.45) is 0 Å². The second kappa shape index (κ2) is 6.69. The Hall–Kier alpha value is -1.16. The number of carbonyl (C=O) groups is 1. The molecule has 6 heteroatoms. The van der Waals surface area contributed by atoms with Crippen LogP contribution >= 0.6 is 8.38 Å². The predicted octanol–water partition coefficient (Wildman–Crippen LogP) is 2.34. The van der Waals surface area contributed by atoms with E-state index in [0.717, 1.165) is 5.56 Å². The zero-order chi connectivity index (χ0) is 13.6. The highest BCUT2D eigenvalue weighted by atomic mass is 31.2. The topological polar surface area (TPSA) is 78.8 Å². The van der Waals surface area contributed by atoms with Crippen LogP contribution in [-0.4, -0.2) is 21.2 Å². The Balaban J connectivity index is 2.47. The molecule has 0 radical (unpaired) electrons. The molecule has 1 aromatic rings. The molecule has 0 bridgehead atoms. The van der Waals surface area contributed by atoms with Crippen molar-refractivity contribution in [3.05, 3.63) is 35.9 Å². The molecule has 0 aliphatic rings. The summed E-state index contributed by atoms with van der Waals surface area (Å²) >= 11 is 0. The fourth-order valence-electron chi connectivity index (χ4n) is 1.26. The molecule has 100 valence electrons. The number of ether oxygens (including phenoxy) is 1. The Bertz CT molecular complexity index is 385. The van der Waals surface area contributed by atoms with Gasteiger partial charge in [0.25, 0.3) is 0 Å². The number of alkyl carbamates (subject to hydrolysis) is 1. The van der Waals surface area contributed by atoms with Crippen LogP contribution in [0.2, 0.25) is 0 Å². The van der Waals surface area contributed by atoms with Crippen molar-refractivity contribution >= 4 is 14.5 Å². The molecule has 1 amide bonds. The largest absolute Gasteiger partial charge is 0.445 e. The van der Waals surface area contributed by atoms with Gasteiger partial charge in [0.15, 0.2) is 8.38 Å². The van der Waals surface area contributed by atoms with E-state index in [4.69, 9.17) is 4.74 Å². The van der Waals surface area contributed by atoms with E-state index in [-0.39, 0.29) is 6.61 Å². The molecule has 0 spiro atoms. The van der Waals surface area contributed by atoms with Gasteiger partial charge in [-0.1, -0.05) is 37.3 Å². The van der Waals surface area contributed by atoms with Crippen molar-refractivity contribution < 1.29 is 19.3 Å². The Morgan fingerprint density at radius 2 is 2.00 bits per heavy atom. The van der Waals surface area contributed by atoms with Crippen LogP contribution in [0.4, 0.5) is 4.79 Å². The molecule has 0 saturated heterocycles. The molecule has 0 heterocycles. The lowest BCUT2D eigenvalue weighted by Gasteiger charge is -2.29. The number of rotatable bonds is 5. The number of hydrogen-bond acceptors (Lipinski definition) is 4. The van der Waals surface area contributed by atoms with Gasteiger partial charge in [0.05, 0.1) is 0 Å². The molecular formula is C12H18NO4P. The van der Waals surface area contributed by atoms with Crippen molar-refractivity contribution in [3.8, 4) is 0 Å². The molecule has 0 saturated carbocycles. The average molecular weight is 271 g/mol. The van der Waals surface area contributed by atoms with E-state index in [1.165, 1.54) is 0 Å². The first-order chi connectivity index (χ1) is 8.48. The number of hydrogen-bond donors (Lipinski definition) is 3. The maximum absolute atomic E-state index is 11.6. The Kier molecular flexibility index (Phi) is 5.54. The van der Waals surface area contributed by atoms with E-state index < -0.39 is 19.7 Å². The molecule has 0 fully saturated rings. The highest BCUT2D eigenvalue weighted by Crippen LogP contribution is 2.41.